The van der Waals surface area contributed by atoms with Gasteiger partial charge in [0.05, 0.1) is 12.7 Å². The highest BCUT2D eigenvalue weighted by Crippen LogP contribution is 2.11. The third-order valence-corrected chi connectivity index (χ3v) is 1.75. The number of rotatable bonds is 6. The summed E-state index contributed by atoms with van der Waals surface area (Å²) in [5.74, 6) is 0.298. The smallest absolute Gasteiger partial charge is 0.322 e. The third kappa shape index (κ3) is 4.59. The van der Waals surface area contributed by atoms with E-state index in [1.165, 1.54) is 0 Å². The second kappa shape index (κ2) is 6.44. The van der Waals surface area contributed by atoms with Gasteiger partial charge in [0, 0.05) is 6.54 Å². The van der Waals surface area contributed by atoms with Crippen LogP contribution in [-0.4, -0.2) is 39.3 Å². The SMILES string of the molecule is CCCOc1nc(Cl)nc(NCC(C)O)n1. The van der Waals surface area contributed by atoms with Crippen LogP contribution in [-0.2, 0) is 0 Å². The summed E-state index contributed by atoms with van der Waals surface area (Å²) in [4.78, 5) is 11.7. The van der Waals surface area contributed by atoms with Gasteiger partial charge < -0.3 is 15.2 Å². The predicted octanol–water partition coefficient (Wildman–Crippen LogP) is 1.11. The Balaban J connectivity index is 2.65. The van der Waals surface area contributed by atoms with Gasteiger partial charge in [0.25, 0.3) is 0 Å². The van der Waals surface area contributed by atoms with Crippen LogP contribution in [0.2, 0.25) is 5.28 Å². The highest BCUT2D eigenvalue weighted by atomic mass is 35.5. The number of halogens is 1. The Morgan fingerprint density at radius 1 is 1.44 bits per heavy atom. The summed E-state index contributed by atoms with van der Waals surface area (Å²) >= 11 is 5.70. The van der Waals surface area contributed by atoms with Crippen molar-refractivity contribution in [1.29, 1.82) is 0 Å². The molecule has 0 aliphatic heterocycles. The maximum atomic E-state index is 9.10. The van der Waals surface area contributed by atoms with Gasteiger partial charge in [-0.1, -0.05) is 6.92 Å². The molecule has 2 N–H and O–H groups in total. The number of hydrogen-bond acceptors (Lipinski definition) is 6. The molecule has 16 heavy (non-hydrogen) atoms. The molecule has 0 aromatic carbocycles. The van der Waals surface area contributed by atoms with Crippen molar-refractivity contribution in [2.75, 3.05) is 18.5 Å². The normalized spacial score (nSPS) is 12.2. The molecule has 1 aromatic rings. The van der Waals surface area contributed by atoms with E-state index in [4.69, 9.17) is 21.4 Å². The number of nitrogens with zero attached hydrogens (tertiary/aromatic N) is 3. The Labute approximate surface area is 99.0 Å². The monoisotopic (exact) mass is 246 g/mol. The quantitative estimate of drug-likeness (QED) is 0.783. The zero-order valence-corrected chi connectivity index (χ0v) is 10.0. The first kappa shape index (κ1) is 12.9. The van der Waals surface area contributed by atoms with E-state index in [9.17, 15) is 0 Å². The van der Waals surface area contributed by atoms with Gasteiger partial charge in [-0.05, 0) is 24.9 Å². The molecule has 0 aliphatic rings. The Morgan fingerprint density at radius 2 is 2.19 bits per heavy atom. The molecule has 1 unspecified atom stereocenters. The molecule has 1 aromatic heterocycles. The predicted molar refractivity (Wildman–Crippen MR) is 60.8 cm³/mol. The van der Waals surface area contributed by atoms with Crippen LogP contribution in [0.15, 0.2) is 0 Å². The fraction of sp³-hybridized carbons (Fsp3) is 0.667. The molecule has 0 radical (unpaired) electrons. The number of hydrogen-bond donors (Lipinski definition) is 2. The number of aliphatic hydroxyl groups is 1. The van der Waals surface area contributed by atoms with Crippen LogP contribution in [0.5, 0.6) is 6.01 Å². The average molecular weight is 247 g/mol. The van der Waals surface area contributed by atoms with Crippen molar-refractivity contribution in [1.82, 2.24) is 15.0 Å². The molecule has 6 nitrogen and oxygen atoms in total. The van der Waals surface area contributed by atoms with E-state index in [0.717, 1.165) is 6.42 Å². The lowest BCUT2D eigenvalue weighted by Gasteiger charge is -2.08. The Bertz CT molecular complexity index is 335. The molecule has 1 atom stereocenters. The molecule has 7 heteroatoms. The van der Waals surface area contributed by atoms with E-state index in [0.29, 0.717) is 19.1 Å². The minimum absolute atomic E-state index is 0.0641. The van der Waals surface area contributed by atoms with Gasteiger partial charge in [-0.2, -0.15) is 15.0 Å². The van der Waals surface area contributed by atoms with Gasteiger partial charge in [-0.3, -0.25) is 0 Å². The molecule has 0 bridgehead atoms. The molecule has 90 valence electrons. The summed E-state index contributed by atoms with van der Waals surface area (Å²) in [5, 5.41) is 12.0. The van der Waals surface area contributed by atoms with Gasteiger partial charge in [-0.15, -0.1) is 0 Å². The maximum Gasteiger partial charge on any atom is 0.322 e. The maximum absolute atomic E-state index is 9.10. The summed E-state index contributed by atoms with van der Waals surface area (Å²) in [7, 11) is 0. The summed E-state index contributed by atoms with van der Waals surface area (Å²) in [6.07, 6.45) is 0.371. The van der Waals surface area contributed by atoms with Crippen molar-refractivity contribution in [2.24, 2.45) is 0 Å². The Morgan fingerprint density at radius 3 is 2.81 bits per heavy atom. The summed E-state index contributed by atoms with van der Waals surface area (Å²) < 4.78 is 5.23. The van der Waals surface area contributed by atoms with Crippen LogP contribution >= 0.6 is 11.6 Å². The number of nitrogens with one attached hydrogen (secondary N) is 1. The first-order chi connectivity index (χ1) is 7.61. The van der Waals surface area contributed by atoms with Gasteiger partial charge in [0.2, 0.25) is 11.2 Å². The van der Waals surface area contributed by atoms with Crippen LogP contribution < -0.4 is 10.1 Å². The summed E-state index contributed by atoms with van der Waals surface area (Å²) in [6, 6.07) is 0.190. The largest absolute Gasteiger partial charge is 0.463 e. The van der Waals surface area contributed by atoms with E-state index in [2.05, 4.69) is 20.3 Å². The van der Waals surface area contributed by atoms with Crippen LogP contribution in [0, 0.1) is 0 Å². The van der Waals surface area contributed by atoms with E-state index >= 15 is 0 Å². The lowest BCUT2D eigenvalue weighted by atomic mass is 10.4. The van der Waals surface area contributed by atoms with Crippen LogP contribution in [0.1, 0.15) is 20.3 Å². The topological polar surface area (TPSA) is 80.2 Å². The van der Waals surface area contributed by atoms with Gasteiger partial charge in [-0.25, -0.2) is 0 Å². The molecular weight excluding hydrogens is 232 g/mol. The first-order valence-electron chi connectivity index (χ1n) is 5.08. The standard InChI is InChI=1S/C9H15ClN4O2/c1-3-4-16-9-13-7(10)12-8(14-9)11-5-6(2)15/h6,15H,3-5H2,1-2H3,(H,11,12,13,14). The molecule has 0 saturated carbocycles. The number of aliphatic hydroxyl groups excluding tert-OH is 1. The minimum Gasteiger partial charge on any atom is -0.463 e. The van der Waals surface area contributed by atoms with E-state index in [1.54, 1.807) is 6.92 Å². The van der Waals surface area contributed by atoms with Crippen molar-refractivity contribution in [3.63, 3.8) is 0 Å². The number of ether oxygens (including phenoxy) is 1. The number of aromatic nitrogens is 3. The molecule has 1 rings (SSSR count). The average Bonchev–Trinajstić information content (AvgIpc) is 2.23. The van der Waals surface area contributed by atoms with E-state index in [1.807, 2.05) is 6.92 Å². The molecule has 0 spiro atoms. The first-order valence-corrected chi connectivity index (χ1v) is 5.46. The van der Waals surface area contributed by atoms with Crippen LogP contribution in [0.25, 0.3) is 0 Å². The van der Waals surface area contributed by atoms with Gasteiger partial charge >= 0.3 is 6.01 Å². The van der Waals surface area contributed by atoms with Crippen molar-refractivity contribution < 1.29 is 9.84 Å². The van der Waals surface area contributed by atoms with Crippen molar-refractivity contribution in [3.05, 3.63) is 5.28 Å². The van der Waals surface area contributed by atoms with Gasteiger partial charge in [0.1, 0.15) is 0 Å². The molecule has 0 saturated heterocycles. The van der Waals surface area contributed by atoms with Crippen molar-refractivity contribution in [3.8, 4) is 6.01 Å². The summed E-state index contributed by atoms with van der Waals surface area (Å²) in [6.45, 7) is 4.50. The van der Waals surface area contributed by atoms with Crippen molar-refractivity contribution >= 4 is 17.5 Å². The second-order valence-electron chi connectivity index (χ2n) is 3.29. The molecule has 0 fully saturated rings. The van der Waals surface area contributed by atoms with Gasteiger partial charge in [0.15, 0.2) is 0 Å². The highest BCUT2D eigenvalue weighted by molar-refractivity contribution is 6.28. The molecule has 0 amide bonds. The summed E-state index contributed by atoms with van der Waals surface area (Å²) in [5.41, 5.74) is 0. The van der Waals surface area contributed by atoms with Crippen LogP contribution in [0.4, 0.5) is 5.95 Å². The lowest BCUT2D eigenvalue weighted by Crippen LogP contribution is -2.17. The van der Waals surface area contributed by atoms with Crippen LogP contribution in [0.3, 0.4) is 0 Å². The van der Waals surface area contributed by atoms with E-state index in [-0.39, 0.29) is 11.3 Å². The molecule has 0 aliphatic carbocycles. The minimum atomic E-state index is -0.490. The zero-order chi connectivity index (χ0) is 12.0. The van der Waals surface area contributed by atoms with E-state index < -0.39 is 6.10 Å². The van der Waals surface area contributed by atoms with Crippen molar-refractivity contribution in [2.45, 2.75) is 26.4 Å². The Hall–Kier alpha value is -1.14. The fourth-order valence-corrected chi connectivity index (χ4v) is 1.06. The fourth-order valence-electron chi connectivity index (χ4n) is 0.908. The highest BCUT2D eigenvalue weighted by Gasteiger charge is 2.06. The third-order valence-electron chi connectivity index (χ3n) is 1.58. The number of anilines is 1. The zero-order valence-electron chi connectivity index (χ0n) is 9.27. The lowest BCUT2D eigenvalue weighted by molar-refractivity contribution is 0.208. The second-order valence-corrected chi connectivity index (χ2v) is 3.63. The molecule has 1 heterocycles. The molecular formula is C9H15ClN4O2. The Kier molecular flexibility index (Phi) is 5.21.